The monoisotopic (exact) mass is 263 g/mol. The molecular formula is C15H13N5. The van der Waals surface area contributed by atoms with Crippen LogP contribution in [0.1, 0.15) is 22.4 Å². The van der Waals surface area contributed by atoms with Crippen LogP contribution in [0, 0.1) is 36.5 Å². The summed E-state index contributed by atoms with van der Waals surface area (Å²) in [4.78, 5) is 1.79. The molecule has 0 N–H and O–H groups in total. The highest BCUT2D eigenvalue weighted by Gasteiger charge is 2.15. The number of nitrogens with zero attached hydrogens (tertiary/aromatic N) is 5. The largest absolute Gasteiger partial charge is 0.327 e. The van der Waals surface area contributed by atoms with Crippen molar-refractivity contribution in [2.24, 2.45) is 0 Å². The molecule has 0 aliphatic rings. The molecule has 98 valence electrons. The van der Waals surface area contributed by atoms with E-state index in [1.54, 1.807) is 17.0 Å². The molecule has 1 aromatic heterocycles. The van der Waals surface area contributed by atoms with Gasteiger partial charge in [-0.2, -0.15) is 15.6 Å². The standard InChI is InChI=1S/C15H13N5/c1-10-11(2)18-19-15(14(10)9-17)20(3)13-6-4-12(8-16)5-7-13/h4-7H,1-3H3. The highest BCUT2D eigenvalue weighted by atomic mass is 15.3. The summed E-state index contributed by atoms with van der Waals surface area (Å²) >= 11 is 0. The summed E-state index contributed by atoms with van der Waals surface area (Å²) in [6, 6.07) is 11.3. The second kappa shape index (κ2) is 5.38. The molecule has 0 aliphatic carbocycles. The van der Waals surface area contributed by atoms with Crippen LogP contribution in [0.2, 0.25) is 0 Å². The lowest BCUT2D eigenvalue weighted by molar-refractivity contribution is 0.929. The Kier molecular flexibility index (Phi) is 3.63. The van der Waals surface area contributed by atoms with Gasteiger partial charge in [-0.15, -0.1) is 5.10 Å². The molecule has 2 aromatic rings. The molecule has 5 heteroatoms. The van der Waals surface area contributed by atoms with Crippen LogP contribution >= 0.6 is 0 Å². The van der Waals surface area contributed by atoms with Crippen LogP contribution in [-0.4, -0.2) is 17.2 Å². The number of anilines is 2. The molecule has 0 bridgehead atoms. The van der Waals surface area contributed by atoms with E-state index in [-0.39, 0.29) is 0 Å². The van der Waals surface area contributed by atoms with Gasteiger partial charge in [0.1, 0.15) is 11.6 Å². The predicted octanol–water partition coefficient (Wildman–Crippen LogP) is 2.60. The third-order valence-corrected chi connectivity index (χ3v) is 3.25. The second-order valence-corrected chi connectivity index (χ2v) is 4.44. The van der Waals surface area contributed by atoms with E-state index in [9.17, 15) is 5.26 Å². The Bertz CT molecular complexity index is 720. The zero-order valence-electron chi connectivity index (χ0n) is 11.5. The van der Waals surface area contributed by atoms with Crippen molar-refractivity contribution in [3.8, 4) is 12.1 Å². The molecule has 0 radical (unpaired) electrons. The van der Waals surface area contributed by atoms with Crippen LogP contribution in [0.5, 0.6) is 0 Å². The van der Waals surface area contributed by atoms with Crippen LogP contribution in [-0.2, 0) is 0 Å². The molecule has 0 fully saturated rings. The van der Waals surface area contributed by atoms with E-state index in [1.807, 2.05) is 33.0 Å². The average molecular weight is 263 g/mol. The van der Waals surface area contributed by atoms with E-state index in [2.05, 4.69) is 22.3 Å². The quantitative estimate of drug-likeness (QED) is 0.832. The van der Waals surface area contributed by atoms with Crippen LogP contribution in [0.4, 0.5) is 11.5 Å². The number of hydrogen-bond donors (Lipinski definition) is 0. The van der Waals surface area contributed by atoms with Crippen molar-refractivity contribution in [1.29, 1.82) is 10.5 Å². The van der Waals surface area contributed by atoms with Gasteiger partial charge in [0.2, 0.25) is 0 Å². The normalized spacial score (nSPS) is 9.65. The Balaban J connectivity index is 2.48. The molecule has 2 rings (SSSR count). The van der Waals surface area contributed by atoms with Crippen molar-refractivity contribution in [3.63, 3.8) is 0 Å². The summed E-state index contributed by atoms with van der Waals surface area (Å²) in [6.07, 6.45) is 0. The molecule has 0 spiro atoms. The molecule has 0 aliphatic heterocycles. The number of nitriles is 2. The van der Waals surface area contributed by atoms with E-state index >= 15 is 0 Å². The van der Waals surface area contributed by atoms with Gasteiger partial charge >= 0.3 is 0 Å². The van der Waals surface area contributed by atoms with E-state index in [4.69, 9.17) is 5.26 Å². The van der Waals surface area contributed by atoms with Crippen LogP contribution < -0.4 is 4.90 Å². The van der Waals surface area contributed by atoms with E-state index in [0.29, 0.717) is 16.9 Å². The molecular weight excluding hydrogens is 250 g/mol. The Morgan fingerprint density at radius 2 is 1.65 bits per heavy atom. The highest BCUT2D eigenvalue weighted by molar-refractivity contribution is 5.67. The first-order chi connectivity index (χ1) is 9.58. The summed E-state index contributed by atoms with van der Waals surface area (Å²) in [7, 11) is 1.82. The van der Waals surface area contributed by atoms with Crippen molar-refractivity contribution in [1.82, 2.24) is 10.2 Å². The summed E-state index contributed by atoms with van der Waals surface area (Å²) in [6.45, 7) is 3.69. The van der Waals surface area contributed by atoms with Crippen molar-refractivity contribution in [2.45, 2.75) is 13.8 Å². The fourth-order valence-corrected chi connectivity index (χ4v) is 1.85. The van der Waals surface area contributed by atoms with E-state index < -0.39 is 0 Å². The smallest absolute Gasteiger partial charge is 0.173 e. The van der Waals surface area contributed by atoms with Crippen molar-refractivity contribution < 1.29 is 0 Å². The lowest BCUT2D eigenvalue weighted by atomic mass is 10.1. The maximum Gasteiger partial charge on any atom is 0.173 e. The minimum Gasteiger partial charge on any atom is -0.327 e. The molecule has 20 heavy (non-hydrogen) atoms. The lowest BCUT2D eigenvalue weighted by Gasteiger charge is -2.20. The Hall–Kier alpha value is -2.92. The number of aromatic nitrogens is 2. The van der Waals surface area contributed by atoms with Gasteiger partial charge in [0.25, 0.3) is 0 Å². The average Bonchev–Trinajstić information content (AvgIpc) is 2.49. The maximum atomic E-state index is 9.31. The summed E-state index contributed by atoms with van der Waals surface area (Å²) in [5.41, 5.74) is 3.53. The van der Waals surface area contributed by atoms with Gasteiger partial charge in [-0.3, -0.25) is 0 Å². The minimum atomic E-state index is 0.514. The molecule has 0 amide bonds. The summed E-state index contributed by atoms with van der Waals surface area (Å²) in [5.74, 6) is 0.514. The summed E-state index contributed by atoms with van der Waals surface area (Å²) < 4.78 is 0. The van der Waals surface area contributed by atoms with Crippen molar-refractivity contribution in [2.75, 3.05) is 11.9 Å². The van der Waals surface area contributed by atoms with Gasteiger partial charge in [0.15, 0.2) is 5.82 Å². The van der Waals surface area contributed by atoms with Gasteiger partial charge in [-0.05, 0) is 43.7 Å². The fraction of sp³-hybridized carbons (Fsp3) is 0.200. The highest BCUT2D eigenvalue weighted by Crippen LogP contribution is 2.26. The molecule has 5 nitrogen and oxygen atoms in total. The maximum absolute atomic E-state index is 9.31. The summed E-state index contributed by atoms with van der Waals surface area (Å²) in [5, 5.41) is 26.3. The Labute approximate surface area is 117 Å². The molecule has 1 heterocycles. The first-order valence-corrected chi connectivity index (χ1v) is 6.06. The molecule has 0 saturated heterocycles. The third-order valence-electron chi connectivity index (χ3n) is 3.25. The van der Waals surface area contributed by atoms with Gasteiger partial charge in [0, 0.05) is 12.7 Å². The van der Waals surface area contributed by atoms with Gasteiger partial charge in [-0.1, -0.05) is 0 Å². The zero-order chi connectivity index (χ0) is 14.7. The van der Waals surface area contributed by atoms with Crippen molar-refractivity contribution in [3.05, 3.63) is 46.6 Å². The van der Waals surface area contributed by atoms with Crippen LogP contribution in [0.15, 0.2) is 24.3 Å². The Morgan fingerprint density at radius 1 is 1.00 bits per heavy atom. The van der Waals surface area contributed by atoms with E-state index in [0.717, 1.165) is 16.9 Å². The number of aryl methyl sites for hydroxylation is 1. The second-order valence-electron chi connectivity index (χ2n) is 4.44. The predicted molar refractivity (Wildman–Crippen MR) is 75.4 cm³/mol. The van der Waals surface area contributed by atoms with E-state index in [1.165, 1.54) is 0 Å². The first-order valence-electron chi connectivity index (χ1n) is 6.06. The van der Waals surface area contributed by atoms with Crippen molar-refractivity contribution >= 4 is 11.5 Å². The third kappa shape index (κ3) is 2.30. The van der Waals surface area contributed by atoms with Crippen LogP contribution in [0.3, 0.4) is 0 Å². The number of benzene rings is 1. The Morgan fingerprint density at radius 3 is 2.20 bits per heavy atom. The molecule has 0 atom stereocenters. The number of rotatable bonds is 2. The zero-order valence-corrected chi connectivity index (χ0v) is 11.5. The molecule has 0 unspecified atom stereocenters. The van der Waals surface area contributed by atoms with Gasteiger partial charge in [0.05, 0.1) is 17.3 Å². The molecule has 0 saturated carbocycles. The fourth-order valence-electron chi connectivity index (χ4n) is 1.85. The first kappa shape index (κ1) is 13.5. The minimum absolute atomic E-state index is 0.514. The van der Waals surface area contributed by atoms with Gasteiger partial charge in [-0.25, -0.2) is 0 Å². The lowest BCUT2D eigenvalue weighted by Crippen LogP contribution is -2.15. The van der Waals surface area contributed by atoms with Gasteiger partial charge < -0.3 is 4.90 Å². The SMILES string of the molecule is Cc1nnc(N(C)c2ccc(C#N)cc2)c(C#N)c1C. The molecule has 1 aromatic carbocycles. The van der Waals surface area contributed by atoms with Crippen LogP contribution in [0.25, 0.3) is 0 Å². The number of hydrogen-bond acceptors (Lipinski definition) is 5. The topological polar surface area (TPSA) is 76.6 Å².